The van der Waals surface area contributed by atoms with Crippen LogP contribution < -0.4 is 5.01 Å². The summed E-state index contributed by atoms with van der Waals surface area (Å²) in [6, 6.07) is 6.83. The number of likely N-dealkylation sites (tertiary alicyclic amines) is 1. The summed E-state index contributed by atoms with van der Waals surface area (Å²) in [4.78, 5) is 26.8. The van der Waals surface area contributed by atoms with Crippen LogP contribution in [0.3, 0.4) is 0 Å². The summed E-state index contributed by atoms with van der Waals surface area (Å²) < 4.78 is 11.4. The molecule has 3 aliphatic rings. The molecule has 0 saturated carbocycles. The van der Waals surface area contributed by atoms with Gasteiger partial charge in [0.15, 0.2) is 5.79 Å². The fourth-order valence-electron chi connectivity index (χ4n) is 3.51. The Morgan fingerprint density at radius 3 is 2.38 bits per heavy atom. The molecule has 138 valence electrons. The Morgan fingerprint density at radius 2 is 1.73 bits per heavy atom. The van der Waals surface area contributed by atoms with Gasteiger partial charge in [-0.25, -0.2) is 5.01 Å². The minimum absolute atomic E-state index is 0.121. The molecule has 0 radical (unpaired) electrons. The second-order valence-corrected chi connectivity index (χ2v) is 7.06. The molecule has 4 rings (SSSR count). The van der Waals surface area contributed by atoms with E-state index in [9.17, 15) is 9.59 Å². The monoisotopic (exact) mass is 377 g/mol. The molecule has 1 aromatic carbocycles. The summed E-state index contributed by atoms with van der Waals surface area (Å²) in [6.07, 6.45) is 1.94. The normalized spacial score (nSPS) is 22.7. The first kappa shape index (κ1) is 17.5. The lowest BCUT2D eigenvalue weighted by atomic mass is 10.0. The number of nitrogens with zero attached hydrogens (tertiary/aromatic N) is 3. The molecule has 8 heteroatoms. The van der Waals surface area contributed by atoms with Crippen molar-refractivity contribution < 1.29 is 19.1 Å². The number of amides is 2. The molecular weight excluding hydrogens is 358 g/mol. The van der Waals surface area contributed by atoms with Crippen molar-refractivity contribution in [2.45, 2.75) is 31.5 Å². The maximum Gasteiger partial charge on any atom is 0.270 e. The number of halogens is 1. The van der Waals surface area contributed by atoms with Crippen LogP contribution in [0.5, 0.6) is 0 Å². The average molecular weight is 378 g/mol. The molecule has 1 spiro atoms. The third kappa shape index (κ3) is 3.34. The Labute approximate surface area is 156 Å². The average Bonchev–Trinajstić information content (AvgIpc) is 3.11. The number of hydrogen-bond acceptors (Lipinski definition) is 5. The van der Waals surface area contributed by atoms with E-state index in [1.165, 1.54) is 5.01 Å². The van der Waals surface area contributed by atoms with Gasteiger partial charge in [0.25, 0.3) is 5.91 Å². The van der Waals surface area contributed by atoms with Gasteiger partial charge in [-0.2, -0.15) is 5.10 Å². The van der Waals surface area contributed by atoms with Gasteiger partial charge in [-0.15, -0.1) is 0 Å². The Hall–Kier alpha value is -1.96. The Morgan fingerprint density at radius 1 is 1.08 bits per heavy atom. The molecule has 0 aromatic heterocycles. The van der Waals surface area contributed by atoms with Crippen LogP contribution in [-0.4, -0.2) is 54.5 Å². The van der Waals surface area contributed by atoms with Crippen LogP contribution in [0, 0.1) is 0 Å². The molecule has 2 amide bonds. The first-order chi connectivity index (χ1) is 12.6. The Bertz CT molecular complexity index is 733. The van der Waals surface area contributed by atoms with Gasteiger partial charge < -0.3 is 14.4 Å². The molecule has 3 aliphatic heterocycles. The topological polar surface area (TPSA) is 71.4 Å². The van der Waals surface area contributed by atoms with Crippen molar-refractivity contribution in [3.05, 3.63) is 29.3 Å². The van der Waals surface area contributed by atoms with Gasteiger partial charge in [0.2, 0.25) is 5.91 Å². The lowest BCUT2D eigenvalue weighted by Crippen LogP contribution is -2.50. The van der Waals surface area contributed by atoms with E-state index >= 15 is 0 Å². The van der Waals surface area contributed by atoms with Crippen LogP contribution >= 0.6 is 11.6 Å². The van der Waals surface area contributed by atoms with Crippen LogP contribution in [-0.2, 0) is 19.1 Å². The molecule has 0 bridgehead atoms. The van der Waals surface area contributed by atoms with Crippen LogP contribution in [0.15, 0.2) is 29.4 Å². The molecule has 2 saturated heterocycles. The highest BCUT2D eigenvalue weighted by atomic mass is 35.5. The molecule has 0 N–H and O–H groups in total. The maximum atomic E-state index is 12.8. The number of ether oxygens (including phenoxy) is 2. The zero-order valence-electron chi connectivity index (χ0n) is 14.3. The molecule has 2 fully saturated rings. The lowest BCUT2D eigenvalue weighted by Gasteiger charge is -2.38. The predicted molar refractivity (Wildman–Crippen MR) is 96.1 cm³/mol. The zero-order valence-corrected chi connectivity index (χ0v) is 15.1. The summed E-state index contributed by atoms with van der Waals surface area (Å²) in [5.74, 6) is -0.769. The van der Waals surface area contributed by atoms with Crippen LogP contribution in [0.4, 0.5) is 5.69 Å². The summed E-state index contributed by atoms with van der Waals surface area (Å²) in [6.45, 7) is 2.34. The highest BCUT2D eigenvalue weighted by Crippen LogP contribution is 2.31. The largest absolute Gasteiger partial charge is 0.347 e. The van der Waals surface area contributed by atoms with Crippen molar-refractivity contribution in [1.82, 2.24) is 4.90 Å². The number of hydrazone groups is 1. The Kier molecular flexibility index (Phi) is 4.69. The summed E-state index contributed by atoms with van der Waals surface area (Å²) in [7, 11) is 0. The zero-order chi connectivity index (χ0) is 18.1. The molecular formula is C18H20ClN3O4. The maximum absolute atomic E-state index is 12.8. The molecule has 26 heavy (non-hydrogen) atoms. The highest BCUT2D eigenvalue weighted by Gasteiger charge is 2.41. The smallest absolute Gasteiger partial charge is 0.270 e. The fourth-order valence-corrected chi connectivity index (χ4v) is 3.64. The van der Waals surface area contributed by atoms with E-state index in [2.05, 4.69) is 5.10 Å². The molecule has 7 nitrogen and oxygen atoms in total. The summed E-state index contributed by atoms with van der Waals surface area (Å²) in [5.41, 5.74) is 1.01. The van der Waals surface area contributed by atoms with E-state index in [0.717, 1.165) is 0 Å². The predicted octanol–water partition coefficient (Wildman–Crippen LogP) is 2.19. The van der Waals surface area contributed by atoms with Gasteiger partial charge >= 0.3 is 0 Å². The third-order valence-corrected chi connectivity index (χ3v) is 5.23. The first-order valence-corrected chi connectivity index (χ1v) is 9.17. The fraction of sp³-hybridized carbons (Fsp3) is 0.500. The van der Waals surface area contributed by atoms with E-state index in [4.69, 9.17) is 21.1 Å². The van der Waals surface area contributed by atoms with E-state index < -0.39 is 5.79 Å². The van der Waals surface area contributed by atoms with Gasteiger partial charge in [-0.05, 0) is 24.3 Å². The Balaban J connectivity index is 1.47. The van der Waals surface area contributed by atoms with Gasteiger partial charge in [0, 0.05) is 43.8 Å². The second-order valence-electron chi connectivity index (χ2n) is 6.63. The van der Waals surface area contributed by atoms with Crippen LogP contribution in [0.2, 0.25) is 5.02 Å². The SMILES string of the molecule is O=C(C1=NN(c2ccc(Cl)cc2)C(=O)CC1)N1CCC2(CC1)OCCO2. The number of benzene rings is 1. The number of carbonyl (C=O) groups excluding carboxylic acids is 2. The minimum Gasteiger partial charge on any atom is -0.347 e. The third-order valence-electron chi connectivity index (χ3n) is 4.98. The van der Waals surface area contributed by atoms with Crippen molar-refractivity contribution in [2.24, 2.45) is 5.10 Å². The summed E-state index contributed by atoms with van der Waals surface area (Å²) in [5, 5.41) is 6.20. The summed E-state index contributed by atoms with van der Waals surface area (Å²) >= 11 is 5.90. The van der Waals surface area contributed by atoms with Crippen molar-refractivity contribution in [3.8, 4) is 0 Å². The van der Waals surface area contributed by atoms with Crippen LogP contribution in [0.25, 0.3) is 0 Å². The number of rotatable bonds is 2. The molecule has 1 aromatic rings. The van der Waals surface area contributed by atoms with Crippen molar-refractivity contribution in [3.63, 3.8) is 0 Å². The molecule has 0 atom stereocenters. The minimum atomic E-state index is -0.517. The van der Waals surface area contributed by atoms with Gasteiger partial charge in [0.1, 0.15) is 5.71 Å². The first-order valence-electron chi connectivity index (χ1n) is 8.80. The van der Waals surface area contributed by atoms with Crippen molar-refractivity contribution in [1.29, 1.82) is 0 Å². The molecule has 0 aliphatic carbocycles. The number of hydrogen-bond donors (Lipinski definition) is 0. The number of anilines is 1. The van der Waals surface area contributed by atoms with Gasteiger partial charge in [-0.3, -0.25) is 9.59 Å². The number of carbonyl (C=O) groups is 2. The molecule has 0 unspecified atom stereocenters. The van der Waals surface area contributed by atoms with Crippen molar-refractivity contribution in [2.75, 3.05) is 31.3 Å². The highest BCUT2D eigenvalue weighted by molar-refractivity contribution is 6.40. The lowest BCUT2D eigenvalue weighted by molar-refractivity contribution is -0.186. The van der Waals surface area contributed by atoms with E-state index in [-0.39, 0.29) is 18.2 Å². The number of piperidine rings is 1. The van der Waals surface area contributed by atoms with E-state index in [0.29, 0.717) is 62.0 Å². The van der Waals surface area contributed by atoms with E-state index in [1.807, 2.05) is 0 Å². The standard InChI is InChI=1S/C18H20ClN3O4/c19-13-1-3-14(4-2-13)22-16(23)6-5-15(20-22)17(24)21-9-7-18(8-10-21)25-11-12-26-18/h1-4H,5-12H2. The van der Waals surface area contributed by atoms with Crippen molar-refractivity contribution >= 4 is 34.8 Å². The van der Waals surface area contributed by atoms with Gasteiger partial charge in [-0.1, -0.05) is 11.6 Å². The quantitative estimate of drug-likeness (QED) is 0.792. The van der Waals surface area contributed by atoms with Gasteiger partial charge in [0.05, 0.1) is 18.9 Å². The van der Waals surface area contributed by atoms with Crippen LogP contribution in [0.1, 0.15) is 25.7 Å². The molecule has 3 heterocycles. The van der Waals surface area contributed by atoms with E-state index in [1.54, 1.807) is 29.2 Å². The second kappa shape index (κ2) is 6.98.